The summed E-state index contributed by atoms with van der Waals surface area (Å²) < 4.78 is 0. The van der Waals surface area contributed by atoms with Gasteiger partial charge in [0.2, 0.25) is 0 Å². The fraction of sp³-hybridized carbons (Fsp3) is 1.00. The number of hydrogen-bond acceptors (Lipinski definition) is 1. The molecule has 1 saturated carbocycles. The summed E-state index contributed by atoms with van der Waals surface area (Å²) in [7, 11) is 0. The van der Waals surface area contributed by atoms with Gasteiger partial charge in [0.1, 0.15) is 0 Å². The Labute approximate surface area is 82.3 Å². The third kappa shape index (κ3) is 2.07. The molecule has 0 bridgehead atoms. The van der Waals surface area contributed by atoms with Crippen molar-refractivity contribution in [2.24, 2.45) is 17.8 Å². The average Bonchev–Trinajstić information content (AvgIpc) is 2.76. The van der Waals surface area contributed by atoms with Gasteiger partial charge in [0.05, 0.1) is 0 Å². The van der Waals surface area contributed by atoms with Crippen LogP contribution in [-0.2, 0) is 0 Å². The first-order valence-corrected chi connectivity index (χ1v) is 6.12. The van der Waals surface area contributed by atoms with E-state index in [1.807, 2.05) is 0 Å². The van der Waals surface area contributed by atoms with E-state index in [0.717, 1.165) is 17.8 Å². The molecule has 2 atom stereocenters. The maximum Gasteiger partial charge on any atom is -0.00173 e. The molecule has 2 rings (SSSR count). The Morgan fingerprint density at radius 2 is 1.92 bits per heavy atom. The molecule has 2 aliphatic rings. The largest absolute Gasteiger partial charge is 0.316 e. The van der Waals surface area contributed by atoms with E-state index in [2.05, 4.69) is 12.2 Å². The molecule has 1 heteroatoms. The lowest BCUT2D eigenvalue weighted by molar-refractivity contribution is 0.234. The van der Waals surface area contributed by atoms with E-state index >= 15 is 0 Å². The minimum Gasteiger partial charge on any atom is -0.316 e. The van der Waals surface area contributed by atoms with E-state index in [0.29, 0.717) is 0 Å². The van der Waals surface area contributed by atoms with Crippen LogP contribution in [0.1, 0.15) is 45.4 Å². The molecule has 0 aromatic carbocycles. The van der Waals surface area contributed by atoms with Gasteiger partial charge in [0, 0.05) is 0 Å². The number of hydrogen-bond donors (Lipinski definition) is 1. The van der Waals surface area contributed by atoms with Crippen molar-refractivity contribution in [3.63, 3.8) is 0 Å². The van der Waals surface area contributed by atoms with E-state index in [9.17, 15) is 0 Å². The molecule has 1 heterocycles. The minimum absolute atomic E-state index is 1.01. The van der Waals surface area contributed by atoms with Gasteiger partial charge in [-0.2, -0.15) is 0 Å². The highest BCUT2D eigenvalue weighted by molar-refractivity contribution is 4.84. The van der Waals surface area contributed by atoms with Gasteiger partial charge in [-0.1, -0.05) is 39.0 Å². The van der Waals surface area contributed by atoms with Crippen molar-refractivity contribution in [2.75, 3.05) is 13.1 Å². The van der Waals surface area contributed by atoms with Crippen LogP contribution >= 0.6 is 0 Å². The van der Waals surface area contributed by atoms with Gasteiger partial charge in [-0.3, -0.25) is 0 Å². The van der Waals surface area contributed by atoms with Crippen molar-refractivity contribution in [3.05, 3.63) is 0 Å². The average molecular weight is 181 g/mol. The van der Waals surface area contributed by atoms with Crippen molar-refractivity contribution in [3.8, 4) is 0 Å². The van der Waals surface area contributed by atoms with Crippen LogP contribution in [0.4, 0.5) is 0 Å². The standard InChI is InChI=1S/C12H23N/c1-2-12(10-5-3-4-6-10)11-7-8-13-9-11/h10-13H,2-9H2,1H3. The summed E-state index contributed by atoms with van der Waals surface area (Å²) in [6.07, 6.45) is 8.90. The second kappa shape index (κ2) is 4.45. The zero-order valence-corrected chi connectivity index (χ0v) is 8.89. The maximum atomic E-state index is 3.51. The van der Waals surface area contributed by atoms with E-state index in [1.54, 1.807) is 0 Å². The molecule has 0 amide bonds. The van der Waals surface area contributed by atoms with Gasteiger partial charge in [-0.25, -0.2) is 0 Å². The van der Waals surface area contributed by atoms with Gasteiger partial charge in [0.15, 0.2) is 0 Å². The van der Waals surface area contributed by atoms with E-state index in [-0.39, 0.29) is 0 Å². The first kappa shape index (κ1) is 9.51. The predicted molar refractivity (Wildman–Crippen MR) is 56.7 cm³/mol. The second-order valence-electron chi connectivity index (χ2n) is 4.87. The highest BCUT2D eigenvalue weighted by Gasteiger charge is 2.31. The monoisotopic (exact) mass is 181 g/mol. The molecule has 1 aliphatic carbocycles. The fourth-order valence-electron chi connectivity index (χ4n) is 3.48. The Morgan fingerprint density at radius 1 is 1.15 bits per heavy atom. The van der Waals surface area contributed by atoms with Gasteiger partial charge in [-0.05, 0) is 37.3 Å². The zero-order chi connectivity index (χ0) is 9.10. The summed E-state index contributed by atoms with van der Waals surface area (Å²) in [6.45, 7) is 4.96. The summed E-state index contributed by atoms with van der Waals surface area (Å²) >= 11 is 0. The lowest BCUT2D eigenvalue weighted by Crippen LogP contribution is -2.23. The van der Waals surface area contributed by atoms with Crippen molar-refractivity contribution in [1.29, 1.82) is 0 Å². The normalized spacial score (nSPS) is 32.5. The van der Waals surface area contributed by atoms with Crippen molar-refractivity contribution in [1.82, 2.24) is 5.32 Å². The van der Waals surface area contributed by atoms with Crippen LogP contribution in [0.25, 0.3) is 0 Å². The van der Waals surface area contributed by atoms with Crippen LogP contribution in [-0.4, -0.2) is 13.1 Å². The molecule has 0 spiro atoms. The third-order valence-electron chi connectivity index (χ3n) is 4.18. The van der Waals surface area contributed by atoms with E-state index in [1.165, 1.54) is 51.6 Å². The molecule has 13 heavy (non-hydrogen) atoms. The Kier molecular flexibility index (Phi) is 3.26. The molecular weight excluding hydrogens is 158 g/mol. The molecule has 1 aliphatic heterocycles. The summed E-state index contributed by atoms with van der Waals surface area (Å²) in [5.74, 6) is 3.13. The lowest BCUT2D eigenvalue weighted by atomic mass is 9.78. The van der Waals surface area contributed by atoms with Gasteiger partial charge in [0.25, 0.3) is 0 Å². The van der Waals surface area contributed by atoms with Gasteiger partial charge in [-0.15, -0.1) is 0 Å². The van der Waals surface area contributed by atoms with Crippen molar-refractivity contribution in [2.45, 2.75) is 45.4 Å². The van der Waals surface area contributed by atoms with E-state index in [4.69, 9.17) is 0 Å². The first-order chi connectivity index (χ1) is 6.42. The number of nitrogens with one attached hydrogen (secondary N) is 1. The Balaban J connectivity index is 1.90. The predicted octanol–water partition coefficient (Wildman–Crippen LogP) is 2.81. The van der Waals surface area contributed by atoms with Crippen LogP contribution in [0, 0.1) is 17.8 Å². The summed E-state index contributed by atoms with van der Waals surface area (Å²) in [5.41, 5.74) is 0. The molecule has 76 valence electrons. The second-order valence-corrected chi connectivity index (χ2v) is 4.87. The first-order valence-electron chi connectivity index (χ1n) is 6.12. The smallest absolute Gasteiger partial charge is 0.00173 e. The zero-order valence-electron chi connectivity index (χ0n) is 8.89. The Bertz CT molecular complexity index is 127. The lowest BCUT2D eigenvalue weighted by Gasteiger charge is -2.27. The highest BCUT2D eigenvalue weighted by Crippen LogP contribution is 2.38. The SMILES string of the molecule is CCC(C1CCCC1)C1CCNC1. The van der Waals surface area contributed by atoms with Crippen molar-refractivity contribution < 1.29 is 0 Å². The molecule has 1 saturated heterocycles. The quantitative estimate of drug-likeness (QED) is 0.706. The van der Waals surface area contributed by atoms with Crippen LogP contribution < -0.4 is 5.32 Å². The van der Waals surface area contributed by atoms with Gasteiger partial charge < -0.3 is 5.32 Å². The maximum absolute atomic E-state index is 3.51. The molecule has 2 unspecified atom stereocenters. The van der Waals surface area contributed by atoms with Crippen LogP contribution in [0.3, 0.4) is 0 Å². The van der Waals surface area contributed by atoms with Crippen LogP contribution in [0.15, 0.2) is 0 Å². The van der Waals surface area contributed by atoms with Crippen LogP contribution in [0.2, 0.25) is 0 Å². The van der Waals surface area contributed by atoms with Crippen LogP contribution in [0.5, 0.6) is 0 Å². The summed E-state index contributed by atoms with van der Waals surface area (Å²) in [6, 6.07) is 0. The Hall–Kier alpha value is -0.0400. The third-order valence-corrected chi connectivity index (χ3v) is 4.18. The molecular formula is C12H23N. The topological polar surface area (TPSA) is 12.0 Å². The minimum atomic E-state index is 1.01. The van der Waals surface area contributed by atoms with Crippen molar-refractivity contribution >= 4 is 0 Å². The molecule has 1 N–H and O–H groups in total. The molecule has 0 radical (unpaired) electrons. The Morgan fingerprint density at radius 3 is 2.46 bits per heavy atom. The fourth-order valence-corrected chi connectivity index (χ4v) is 3.48. The molecule has 0 aromatic heterocycles. The summed E-state index contributed by atoms with van der Waals surface area (Å²) in [5, 5.41) is 3.51. The molecule has 1 nitrogen and oxygen atoms in total. The molecule has 0 aromatic rings. The summed E-state index contributed by atoms with van der Waals surface area (Å²) in [4.78, 5) is 0. The van der Waals surface area contributed by atoms with E-state index < -0.39 is 0 Å². The van der Waals surface area contributed by atoms with Gasteiger partial charge >= 0.3 is 0 Å². The molecule has 2 fully saturated rings. The number of rotatable bonds is 3. The highest BCUT2D eigenvalue weighted by atomic mass is 14.9.